The number of ketones is 2. The predicted molar refractivity (Wildman–Crippen MR) is 143 cm³/mol. The number of ether oxygens (including phenoxy) is 1. The second kappa shape index (κ2) is 9.20. The molecule has 0 saturated heterocycles. The number of carbonyl (C=O) groups excluding carboxylic acids is 2. The van der Waals surface area contributed by atoms with Crippen LogP contribution in [0.1, 0.15) is 37.8 Å². The maximum atomic E-state index is 13.8. The summed E-state index contributed by atoms with van der Waals surface area (Å²) in [6.45, 7) is 3.72. The first-order valence-electron chi connectivity index (χ1n) is 13.1. The van der Waals surface area contributed by atoms with Gasteiger partial charge in [0.15, 0.2) is 11.6 Å². The molecule has 200 valence electrons. The van der Waals surface area contributed by atoms with E-state index < -0.39 is 34.7 Å². The Hall–Kier alpha value is -4.24. The third kappa shape index (κ3) is 3.64. The molecule has 1 fully saturated rings. The monoisotopic (exact) mass is 527 g/mol. The average Bonchev–Trinajstić information content (AvgIpc) is 3.20. The van der Waals surface area contributed by atoms with Crippen LogP contribution in [0.5, 0.6) is 5.75 Å². The lowest BCUT2D eigenvalue weighted by molar-refractivity contribution is -0.139. The van der Waals surface area contributed by atoms with E-state index in [1.54, 1.807) is 43.3 Å². The van der Waals surface area contributed by atoms with Gasteiger partial charge in [-0.3, -0.25) is 9.59 Å². The number of aliphatic hydroxyl groups excluding tert-OH is 1. The third-order valence-electron chi connectivity index (χ3n) is 8.53. The van der Waals surface area contributed by atoms with E-state index in [9.17, 15) is 19.2 Å². The van der Waals surface area contributed by atoms with Gasteiger partial charge in [0.25, 0.3) is 0 Å². The van der Waals surface area contributed by atoms with Crippen LogP contribution in [-0.2, 0) is 16.1 Å². The summed E-state index contributed by atoms with van der Waals surface area (Å²) in [6.07, 6.45) is 3.62. The zero-order valence-electron chi connectivity index (χ0n) is 21.7. The molecule has 1 aliphatic heterocycles. The number of para-hydroxylation sites is 1. The smallest absolute Gasteiger partial charge is 0.352 e. The van der Waals surface area contributed by atoms with Crippen LogP contribution in [0.2, 0.25) is 0 Å². The van der Waals surface area contributed by atoms with Gasteiger partial charge in [-0.1, -0.05) is 43.3 Å². The second-order valence-corrected chi connectivity index (χ2v) is 10.6. The Morgan fingerprint density at radius 1 is 1.00 bits per heavy atom. The summed E-state index contributed by atoms with van der Waals surface area (Å²) in [6, 6.07) is 15.5. The zero-order valence-corrected chi connectivity index (χ0v) is 21.7. The lowest BCUT2D eigenvalue weighted by Crippen LogP contribution is -2.54. The summed E-state index contributed by atoms with van der Waals surface area (Å²) < 4.78 is 9.58. The van der Waals surface area contributed by atoms with Crippen molar-refractivity contribution in [2.45, 2.75) is 38.8 Å². The molecule has 1 aromatic heterocycles. The zero-order chi connectivity index (χ0) is 27.5. The number of carbonyl (C=O) groups is 2. The Morgan fingerprint density at radius 3 is 2.41 bits per heavy atom. The highest BCUT2D eigenvalue weighted by Gasteiger charge is 2.59. The third-order valence-corrected chi connectivity index (χ3v) is 8.53. The van der Waals surface area contributed by atoms with Gasteiger partial charge in [-0.25, -0.2) is 23.5 Å². The van der Waals surface area contributed by atoms with E-state index in [4.69, 9.17) is 9.84 Å². The molecule has 0 spiro atoms. The molecule has 39 heavy (non-hydrogen) atoms. The Morgan fingerprint density at radius 2 is 1.72 bits per heavy atom. The van der Waals surface area contributed by atoms with E-state index in [1.807, 2.05) is 31.2 Å². The summed E-state index contributed by atoms with van der Waals surface area (Å²) in [5, 5.41) is 9.09. The summed E-state index contributed by atoms with van der Waals surface area (Å²) in [4.78, 5) is 54.5. The van der Waals surface area contributed by atoms with Gasteiger partial charge >= 0.3 is 11.4 Å². The normalized spacial score (nSPS) is 25.8. The van der Waals surface area contributed by atoms with Gasteiger partial charge in [-0.2, -0.15) is 0 Å². The first-order chi connectivity index (χ1) is 18.8. The first kappa shape index (κ1) is 25.1. The molecule has 9 nitrogen and oxygen atoms in total. The van der Waals surface area contributed by atoms with E-state index in [-0.39, 0.29) is 37.7 Å². The van der Waals surface area contributed by atoms with Crippen molar-refractivity contribution >= 4 is 11.6 Å². The Kier molecular flexibility index (Phi) is 5.91. The van der Waals surface area contributed by atoms with Crippen LogP contribution in [0.3, 0.4) is 0 Å². The minimum absolute atomic E-state index is 0.111. The highest BCUT2D eigenvalue weighted by atomic mass is 16.5. The fraction of sp³-hybridized carbons (Fsp3) is 0.333. The number of fused-ring (bicyclic) bond motifs is 4. The van der Waals surface area contributed by atoms with Crippen molar-refractivity contribution in [2.24, 2.45) is 11.3 Å². The molecule has 0 amide bonds. The second-order valence-electron chi connectivity index (χ2n) is 10.6. The number of nitrogens with zero attached hydrogens (tertiary/aromatic N) is 3. The lowest BCUT2D eigenvalue weighted by atomic mass is 9.51. The van der Waals surface area contributed by atoms with Crippen molar-refractivity contribution in [3.8, 4) is 11.4 Å². The minimum Gasteiger partial charge on any atom is -0.491 e. The van der Waals surface area contributed by atoms with Gasteiger partial charge in [-0.15, -0.1) is 0 Å². The number of rotatable bonds is 5. The Balaban J connectivity index is 1.53. The summed E-state index contributed by atoms with van der Waals surface area (Å²) >= 11 is 0. The van der Waals surface area contributed by atoms with Crippen LogP contribution in [0.4, 0.5) is 0 Å². The number of benzene rings is 2. The molecule has 4 atom stereocenters. The van der Waals surface area contributed by atoms with Crippen molar-refractivity contribution < 1.29 is 19.4 Å². The molecule has 0 unspecified atom stereocenters. The highest BCUT2D eigenvalue weighted by Crippen LogP contribution is 2.59. The minimum atomic E-state index is -1.06. The number of allylic oxidation sites excluding steroid dienone is 4. The largest absolute Gasteiger partial charge is 0.491 e. The molecular formula is C30H29N3O6. The van der Waals surface area contributed by atoms with Crippen molar-refractivity contribution in [1.82, 2.24) is 13.9 Å². The topological polar surface area (TPSA) is 113 Å². The molecule has 3 aliphatic rings. The van der Waals surface area contributed by atoms with E-state index in [1.165, 1.54) is 15.4 Å². The molecule has 1 N–H and O–H groups in total. The number of hydrogen-bond acceptors (Lipinski definition) is 6. The van der Waals surface area contributed by atoms with Crippen LogP contribution in [0.15, 0.2) is 87.5 Å². The van der Waals surface area contributed by atoms with Gasteiger partial charge in [0, 0.05) is 11.8 Å². The standard InChI is InChI=1S/C30H29N3O6/c1-18-16-25(35)30(2)23(27(18)36)17-24-22(26(30)19-8-10-21(11-9-19)39-15-14-34)12-13-31-28(37)32(29(38)33(24)31)20-6-4-3-5-7-20/h3-12,16,23-24,26,34H,13-15,17H2,1-2H3/t23-,24+,26-,30-/m0/s1. The van der Waals surface area contributed by atoms with E-state index in [0.29, 0.717) is 17.0 Å². The molecule has 2 aliphatic carbocycles. The van der Waals surface area contributed by atoms with E-state index in [2.05, 4.69) is 0 Å². The van der Waals surface area contributed by atoms with Crippen molar-refractivity contribution in [1.29, 1.82) is 0 Å². The molecule has 0 bridgehead atoms. The molecule has 9 heteroatoms. The molecular weight excluding hydrogens is 498 g/mol. The average molecular weight is 528 g/mol. The summed E-state index contributed by atoms with van der Waals surface area (Å²) in [5.74, 6) is -0.817. The fourth-order valence-electron chi connectivity index (χ4n) is 6.64. The van der Waals surface area contributed by atoms with Crippen LogP contribution in [0, 0.1) is 11.3 Å². The van der Waals surface area contributed by atoms with Gasteiger partial charge < -0.3 is 9.84 Å². The number of aliphatic hydroxyl groups is 1. The van der Waals surface area contributed by atoms with Crippen molar-refractivity contribution in [3.05, 3.63) is 104 Å². The fourth-order valence-corrected chi connectivity index (χ4v) is 6.64. The molecule has 1 saturated carbocycles. The van der Waals surface area contributed by atoms with Gasteiger partial charge in [0.2, 0.25) is 0 Å². The summed E-state index contributed by atoms with van der Waals surface area (Å²) in [5.41, 5.74) is 0.568. The Bertz CT molecular complexity index is 1660. The summed E-state index contributed by atoms with van der Waals surface area (Å²) in [7, 11) is 0. The van der Waals surface area contributed by atoms with Gasteiger partial charge in [0.05, 0.1) is 30.3 Å². The molecule has 2 heterocycles. The molecule has 3 aromatic rings. The first-order valence-corrected chi connectivity index (χ1v) is 13.1. The molecule has 6 rings (SSSR count). The van der Waals surface area contributed by atoms with Crippen LogP contribution < -0.4 is 16.1 Å². The molecule has 2 aromatic carbocycles. The predicted octanol–water partition coefficient (Wildman–Crippen LogP) is 2.56. The van der Waals surface area contributed by atoms with Crippen LogP contribution in [0.25, 0.3) is 5.69 Å². The number of aromatic nitrogens is 3. The maximum absolute atomic E-state index is 13.8. The van der Waals surface area contributed by atoms with E-state index >= 15 is 0 Å². The van der Waals surface area contributed by atoms with Gasteiger partial charge in [0.1, 0.15) is 12.4 Å². The van der Waals surface area contributed by atoms with Crippen LogP contribution >= 0.6 is 0 Å². The number of hydrogen-bond donors (Lipinski definition) is 1. The SMILES string of the molecule is CC1=CC(=O)[C@@]2(C)[C@@H](c3ccc(OCCO)cc3)C3=CCn4c(=O)n(-c5ccccc5)c(=O)n4[C@@H]3C[C@H]2C1=O. The highest BCUT2D eigenvalue weighted by molar-refractivity contribution is 6.13. The number of Topliss-reactive ketones (excluding diaryl/α,β-unsaturated/α-hetero) is 1. The quantitative estimate of drug-likeness (QED) is 0.511. The van der Waals surface area contributed by atoms with Crippen LogP contribution in [-0.4, -0.2) is 43.8 Å². The molecule has 0 radical (unpaired) electrons. The van der Waals surface area contributed by atoms with Crippen molar-refractivity contribution in [2.75, 3.05) is 13.2 Å². The van der Waals surface area contributed by atoms with Gasteiger partial charge in [-0.05, 0) is 60.4 Å². The van der Waals surface area contributed by atoms with E-state index in [0.717, 1.165) is 15.7 Å². The maximum Gasteiger partial charge on any atom is 0.352 e. The Labute approximate surface area is 224 Å². The lowest BCUT2D eigenvalue weighted by Gasteiger charge is -2.52. The van der Waals surface area contributed by atoms with Crippen molar-refractivity contribution in [3.63, 3.8) is 0 Å².